The predicted molar refractivity (Wildman–Crippen MR) is 91.3 cm³/mol. The minimum absolute atomic E-state index is 0.282. The first-order valence-corrected chi connectivity index (χ1v) is 8.39. The molecule has 112 valence electrons. The van der Waals surface area contributed by atoms with Gasteiger partial charge in [0.25, 0.3) is 0 Å². The van der Waals surface area contributed by atoms with Crippen molar-refractivity contribution in [3.05, 3.63) is 46.1 Å². The molecule has 3 heterocycles. The van der Waals surface area contributed by atoms with Gasteiger partial charge in [-0.05, 0) is 36.8 Å². The maximum atomic E-state index is 6.09. The standard InChI is InChI=1S/C16H15ClN4S/c1-9-3-4-12-11(7-9)18-8-10(2)15-19-20-16(21(12)15)13-5-6-14(17)22-13/h3-7,10,18H,8H2,1-2H3. The molecule has 4 rings (SSSR count). The van der Waals surface area contributed by atoms with E-state index in [4.69, 9.17) is 11.6 Å². The van der Waals surface area contributed by atoms with Crippen molar-refractivity contribution in [1.82, 2.24) is 14.8 Å². The van der Waals surface area contributed by atoms with Crippen molar-refractivity contribution in [3.8, 4) is 16.4 Å². The largest absolute Gasteiger partial charge is 0.383 e. The SMILES string of the molecule is Cc1ccc2c(c1)NCC(C)c1nnc(-c3ccc(Cl)s3)n1-2. The molecule has 6 heteroatoms. The van der Waals surface area contributed by atoms with Gasteiger partial charge in [0.05, 0.1) is 20.6 Å². The number of rotatable bonds is 1. The number of nitrogens with zero attached hydrogens (tertiary/aromatic N) is 3. The molecular formula is C16H15ClN4S. The van der Waals surface area contributed by atoms with Crippen LogP contribution in [-0.4, -0.2) is 21.3 Å². The highest BCUT2D eigenvalue weighted by molar-refractivity contribution is 7.19. The third kappa shape index (κ3) is 2.12. The van der Waals surface area contributed by atoms with Gasteiger partial charge < -0.3 is 5.32 Å². The Hall–Kier alpha value is -1.85. The van der Waals surface area contributed by atoms with Gasteiger partial charge in [0.15, 0.2) is 5.82 Å². The molecule has 3 aromatic rings. The highest BCUT2D eigenvalue weighted by Gasteiger charge is 2.25. The van der Waals surface area contributed by atoms with Gasteiger partial charge in [0, 0.05) is 12.5 Å². The first-order chi connectivity index (χ1) is 10.6. The number of nitrogens with one attached hydrogen (secondary N) is 1. The van der Waals surface area contributed by atoms with Crippen LogP contribution in [-0.2, 0) is 0 Å². The third-order valence-corrected chi connectivity index (χ3v) is 5.14. The van der Waals surface area contributed by atoms with E-state index in [1.807, 2.05) is 12.1 Å². The number of aromatic nitrogens is 3. The number of benzene rings is 1. The monoisotopic (exact) mass is 330 g/mol. The Labute approximate surface area is 137 Å². The van der Waals surface area contributed by atoms with Gasteiger partial charge >= 0.3 is 0 Å². The quantitative estimate of drug-likeness (QED) is 0.715. The minimum atomic E-state index is 0.282. The summed E-state index contributed by atoms with van der Waals surface area (Å²) in [7, 11) is 0. The fourth-order valence-corrected chi connectivity index (χ4v) is 3.81. The molecule has 22 heavy (non-hydrogen) atoms. The summed E-state index contributed by atoms with van der Waals surface area (Å²) in [4.78, 5) is 1.03. The molecule has 4 nitrogen and oxygen atoms in total. The van der Waals surface area contributed by atoms with E-state index in [1.54, 1.807) is 0 Å². The second-order valence-electron chi connectivity index (χ2n) is 5.62. The van der Waals surface area contributed by atoms with Crippen molar-refractivity contribution in [1.29, 1.82) is 0 Å². The van der Waals surface area contributed by atoms with Crippen molar-refractivity contribution in [2.45, 2.75) is 19.8 Å². The lowest BCUT2D eigenvalue weighted by Crippen LogP contribution is -2.09. The van der Waals surface area contributed by atoms with Crippen LogP contribution in [0.2, 0.25) is 4.34 Å². The maximum absolute atomic E-state index is 6.09. The van der Waals surface area contributed by atoms with Crippen LogP contribution in [0.15, 0.2) is 30.3 Å². The molecule has 0 spiro atoms. The van der Waals surface area contributed by atoms with Gasteiger partial charge in [0.1, 0.15) is 5.82 Å². The zero-order valence-corrected chi connectivity index (χ0v) is 13.9. The number of halogens is 1. The summed E-state index contributed by atoms with van der Waals surface area (Å²) < 4.78 is 2.91. The summed E-state index contributed by atoms with van der Waals surface area (Å²) in [5.74, 6) is 2.12. The van der Waals surface area contributed by atoms with Crippen LogP contribution in [0.3, 0.4) is 0 Å². The number of thiophene rings is 1. The molecule has 1 aliphatic heterocycles. The van der Waals surface area contributed by atoms with Crippen LogP contribution >= 0.6 is 22.9 Å². The summed E-state index contributed by atoms with van der Waals surface area (Å²) in [6, 6.07) is 10.3. The summed E-state index contributed by atoms with van der Waals surface area (Å²) in [6.45, 7) is 5.11. The Morgan fingerprint density at radius 3 is 2.91 bits per heavy atom. The van der Waals surface area contributed by atoms with Gasteiger partial charge in [-0.1, -0.05) is 24.6 Å². The molecule has 1 atom stereocenters. The first kappa shape index (κ1) is 13.8. The van der Waals surface area contributed by atoms with E-state index in [0.717, 1.165) is 38.8 Å². The topological polar surface area (TPSA) is 42.7 Å². The fraction of sp³-hybridized carbons (Fsp3) is 0.250. The summed E-state index contributed by atoms with van der Waals surface area (Å²) in [5, 5.41) is 12.4. The van der Waals surface area contributed by atoms with E-state index in [-0.39, 0.29) is 5.92 Å². The molecule has 0 radical (unpaired) electrons. The van der Waals surface area contributed by atoms with E-state index >= 15 is 0 Å². The molecule has 1 N–H and O–H groups in total. The molecule has 0 fully saturated rings. The Balaban J connectivity index is 1.99. The van der Waals surface area contributed by atoms with Crippen LogP contribution in [0.5, 0.6) is 0 Å². The van der Waals surface area contributed by atoms with E-state index in [9.17, 15) is 0 Å². The molecule has 0 saturated heterocycles. The van der Waals surface area contributed by atoms with Gasteiger partial charge in [-0.3, -0.25) is 4.57 Å². The van der Waals surface area contributed by atoms with Crippen molar-refractivity contribution < 1.29 is 0 Å². The zero-order valence-electron chi connectivity index (χ0n) is 12.3. The van der Waals surface area contributed by atoms with Gasteiger partial charge in [-0.2, -0.15) is 0 Å². The van der Waals surface area contributed by atoms with Crippen molar-refractivity contribution in [3.63, 3.8) is 0 Å². The van der Waals surface area contributed by atoms with E-state index in [2.05, 4.69) is 52.1 Å². The highest BCUT2D eigenvalue weighted by atomic mass is 35.5. The molecule has 1 aliphatic rings. The molecule has 0 aliphatic carbocycles. The second-order valence-corrected chi connectivity index (χ2v) is 7.34. The Morgan fingerprint density at radius 1 is 1.27 bits per heavy atom. The summed E-state index contributed by atoms with van der Waals surface area (Å²) in [6.07, 6.45) is 0. The van der Waals surface area contributed by atoms with Crippen LogP contribution in [0.1, 0.15) is 24.2 Å². The van der Waals surface area contributed by atoms with Gasteiger partial charge in [-0.25, -0.2) is 0 Å². The average Bonchev–Trinajstić information content (AvgIpc) is 3.08. The smallest absolute Gasteiger partial charge is 0.178 e. The number of fused-ring (bicyclic) bond motifs is 3. The number of hydrogen-bond donors (Lipinski definition) is 1. The van der Waals surface area contributed by atoms with Gasteiger partial charge in [-0.15, -0.1) is 21.5 Å². The predicted octanol–water partition coefficient (Wildman–Crippen LogP) is 4.49. The molecule has 2 aromatic heterocycles. The average molecular weight is 331 g/mol. The van der Waals surface area contributed by atoms with E-state index in [1.165, 1.54) is 16.9 Å². The molecule has 0 saturated carbocycles. The van der Waals surface area contributed by atoms with Crippen LogP contribution in [0.4, 0.5) is 5.69 Å². The van der Waals surface area contributed by atoms with Crippen LogP contribution < -0.4 is 5.32 Å². The van der Waals surface area contributed by atoms with E-state index in [0.29, 0.717) is 0 Å². The number of hydrogen-bond acceptors (Lipinski definition) is 4. The van der Waals surface area contributed by atoms with Gasteiger partial charge in [0.2, 0.25) is 0 Å². The van der Waals surface area contributed by atoms with Crippen LogP contribution in [0.25, 0.3) is 16.4 Å². The second kappa shape index (κ2) is 5.11. The third-order valence-electron chi connectivity index (χ3n) is 3.91. The van der Waals surface area contributed by atoms with Crippen molar-refractivity contribution >= 4 is 28.6 Å². The highest BCUT2D eigenvalue weighted by Crippen LogP contribution is 2.36. The van der Waals surface area contributed by atoms with Crippen molar-refractivity contribution in [2.75, 3.05) is 11.9 Å². The normalized spacial score (nSPS) is 16.6. The van der Waals surface area contributed by atoms with E-state index < -0.39 is 0 Å². The summed E-state index contributed by atoms with van der Waals surface area (Å²) in [5.41, 5.74) is 3.44. The maximum Gasteiger partial charge on any atom is 0.178 e. The molecule has 1 unspecified atom stereocenters. The molecular weight excluding hydrogens is 316 g/mol. The zero-order chi connectivity index (χ0) is 15.3. The lowest BCUT2D eigenvalue weighted by Gasteiger charge is -2.12. The number of anilines is 1. The molecule has 0 amide bonds. The Kier molecular flexibility index (Phi) is 3.20. The van der Waals surface area contributed by atoms with Crippen LogP contribution in [0, 0.1) is 6.92 Å². The minimum Gasteiger partial charge on any atom is -0.383 e. The number of aryl methyl sites for hydroxylation is 1. The first-order valence-electron chi connectivity index (χ1n) is 7.19. The Bertz CT molecular complexity index is 852. The van der Waals surface area contributed by atoms with Crippen molar-refractivity contribution in [2.24, 2.45) is 0 Å². The Morgan fingerprint density at radius 2 is 2.14 bits per heavy atom. The molecule has 1 aromatic carbocycles. The lowest BCUT2D eigenvalue weighted by atomic mass is 10.1. The fourth-order valence-electron chi connectivity index (χ4n) is 2.79. The molecule has 0 bridgehead atoms. The lowest BCUT2D eigenvalue weighted by molar-refractivity contribution is 0.725. The summed E-state index contributed by atoms with van der Waals surface area (Å²) >= 11 is 7.62.